The van der Waals surface area contributed by atoms with E-state index in [9.17, 15) is 13.2 Å². The lowest BCUT2D eigenvalue weighted by Crippen LogP contribution is -2.28. The van der Waals surface area contributed by atoms with Gasteiger partial charge in [-0.1, -0.05) is 23.2 Å². The van der Waals surface area contributed by atoms with Crippen LogP contribution >= 0.6 is 23.2 Å². The van der Waals surface area contributed by atoms with Crippen molar-refractivity contribution in [1.82, 2.24) is 25.1 Å². The summed E-state index contributed by atoms with van der Waals surface area (Å²) < 4.78 is 25.0. The van der Waals surface area contributed by atoms with E-state index in [1.165, 1.54) is 41.5 Å². The van der Waals surface area contributed by atoms with E-state index in [-0.39, 0.29) is 15.5 Å². The SMILES string of the molecule is CC(NC(=O)c1cc(Cl)cc(S(C)(=O)=O)c1)c1nccnc1-n1cc(Cl)cn1. The number of hydrogen-bond acceptors (Lipinski definition) is 6. The average Bonchev–Trinajstić information content (AvgIpc) is 3.06. The predicted molar refractivity (Wildman–Crippen MR) is 105 cm³/mol. The molecule has 0 aliphatic rings. The molecule has 2 aromatic heterocycles. The van der Waals surface area contributed by atoms with Crippen molar-refractivity contribution in [2.45, 2.75) is 17.9 Å². The summed E-state index contributed by atoms with van der Waals surface area (Å²) in [7, 11) is -3.51. The molecule has 1 atom stereocenters. The van der Waals surface area contributed by atoms with Gasteiger partial charge in [-0.25, -0.2) is 18.1 Å². The van der Waals surface area contributed by atoms with Crippen molar-refractivity contribution in [1.29, 1.82) is 0 Å². The molecule has 1 aromatic carbocycles. The fraction of sp³-hybridized carbons (Fsp3) is 0.176. The molecule has 11 heteroatoms. The summed E-state index contributed by atoms with van der Waals surface area (Å²) in [5.41, 5.74) is 0.577. The van der Waals surface area contributed by atoms with Crippen LogP contribution in [0, 0.1) is 0 Å². The van der Waals surface area contributed by atoms with Crippen LogP contribution in [-0.4, -0.2) is 40.3 Å². The molecule has 2 heterocycles. The summed E-state index contributed by atoms with van der Waals surface area (Å²) in [5, 5.41) is 7.44. The maximum atomic E-state index is 12.7. The lowest BCUT2D eigenvalue weighted by molar-refractivity contribution is 0.0939. The van der Waals surface area contributed by atoms with Gasteiger partial charge in [-0.05, 0) is 25.1 Å². The number of halogens is 2. The van der Waals surface area contributed by atoms with Crippen molar-refractivity contribution in [3.05, 3.63) is 64.3 Å². The van der Waals surface area contributed by atoms with Crippen LogP contribution in [0.5, 0.6) is 0 Å². The average molecular weight is 440 g/mol. The molecule has 0 radical (unpaired) electrons. The zero-order valence-electron chi connectivity index (χ0n) is 14.8. The second-order valence-electron chi connectivity index (χ2n) is 6.01. The number of carbonyl (C=O) groups excluding carboxylic acids is 1. The molecule has 1 amide bonds. The van der Waals surface area contributed by atoms with Crippen molar-refractivity contribution >= 4 is 38.9 Å². The van der Waals surface area contributed by atoms with Gasteiger partial charge in [0.1, 0.15) is 5.69 Å². The molecule has 0 saturated carbocycles. The third-order valence-electron chi connectivity index (χ3n) is 3.79. The van der Waals surface area contributed by atoms with E-state index in [1.807, 2.05) is 0 Å². The quantitative estimate of drug-likeness (QED) is 0.654. The van der Waals surface area contributed by atoms with Crippen molar-refractivity contribution in [2.75, 3.05) is 6.26 Å². The van der Waals surface area contributed by atoms with Crippen molar-refractivity contribution in [3.8, 4) is 5.82 Å². The van der Waals surface area contributed by atoms with Gasteiger partial charge in [0.2, 0.25) is 0 Å². The lowest BCUT2D eigenvalue weighted by atomic mass is 10.1. The van der Waals surface area contributed by atoms with Crippen LogP contribution in [0.2, 0.25) is 10.0 Å². The maximum Gasteiger partial charge on any atom is 0.251 e. The molecule has 0 aliphatic heterocycles. The largest absolute Gasteiger partial charge is 0.344 e. The summed E-state index contributed by atoms with van der Waals surface area (Å²) in [6.07, 6.45) is 7.07. The normalized spacial score (nSPS) is 12.6. The molecule has 0 saturated heterocycles. The van der Waals surface area contributed by atoms with Gasteiger partial charge in [-0.2, -0.15) is 5.10 Å². The zero-order chi connectivity index (χ0) is 20.5. The third kappa shape index (κ3) is 4.49. The molecule has 3 rings (SSSR count). The molecule has 0 fully saturated rings. The minimum atomic E-state index is -3.51. The first-order valence-corrected chi connectivity index (χ1v) is 10.6. The van der Waals surface area contributed by atoms with E-state index in [2.05, 4.69) is 20.4 Å². The van der Waals surface area contributed by atoms with Crippen LogP contribution in [0.4, 0.5) is 0 Å². The van der Waals surface area contributed by atoms with E-state index >= 15 is 0 Å². The van der Waals surface area contributed by atoms with Gasteiger partial charge in [-0.3, -0.25) is 9.78 Å². The van der Waals surface area contributed by atoms with E-state index in [1.54, 1.807) is 13.1 Å². The molecule has 8 nitrogen and oxygen atoms in total. The number of carbonyl (C=O) groups is 1. The number of aromatic nitrogens is 4. The van der Waals surface area contributed by atoms with Gasteiger partial charge >= 0.3 is 0 Å². The summed E-state index contributed by atoms with van der Waals surface area (Å²) in [6, 6.07) is 3.40. The minimum absolute atomic E-state index is 0.0378. The molecule has 1 unspecified atom stereocenters. The highest BCUT2D eigenvalue weighted by atomic mass is 35.5. The number of amides is 1. The van der Waals surface area contributed by atoms with Gasteiger partial charge in [0.25, 0.3) is 5.91 Å². The first-order valence-electron chi connectivity index (χ1n) is 7.98. The fourth-order valence-electron chi connectivity index (χ4n) is 2.50. The summed E-state index contributed by atoms with van der Waals surface area (Å²) >= 11 is 11.9. The van der Waals surface area contributed by atoms with Crippen LogP contribution in [0.3, 0.4) is 0 Å². The zero-order valence-corrected chi connectivity index (χ0v) is 17.1. The molecule has 28 heavy (non-hydrogen) atoms. The molecule has 0 bridgehead atoms. The molecule has 0 aliphatic carbocycles. The molecule has 1 N–H and O–H groups in total. The summed E-state index contributed by atoms with van der Waals surface area (Å²) in [6.45, 7) is 1.72. The highest BCUT2D eigenvalue weighted by molar-refractivity contribution is 7.90. The van der Waals surface area contributed by atoms with Gasteiger partial charge in [0.15, 0.2) is 15.7 Å². The maximum absolute atomic E-state index is 12.7. The number of sulfone groups is 1. The number of benzene rings is 1. The lowest BCUT2D eigenvalue weighted by Gasteiger charge is -2.16. The topological polar surface area (TPSA) is 107 Å². The number of rotatable bonds is 5. The Morgan fingerprint density at radius 2 is 1.86 bits per heavy atom. The summed E-state index contributed by atoms with van der Waals surface area (Å²) in [5.74, 6) is -0.0971. The Kier molecular flexibility index (Phi) is 5.69. The Hall–Kier alpha value is -2.49. The second kappa shape index (κ2) is 7.86. The molecular formula is C17H15Cl2N5O3S. The van der Waals surface area contributed by atoms with Crippen LogP contribution in [0.1, 0.15) is 29.0 Å². The Balaban J connectivity index is 1.90. The number of hydrogen-bond donors (Lipinski definition) is 1. The third-order valence-corrected chi connectivity index (χ3v) is 5.30. The highest BCUT2D eigenvalue weighted by Crippen LogP contribution is 2.21. The molecule has 3 aromatic rings. The van der Waals surface area contributed by atoms with Gasteiger partial charge in [0.05, 0.1) is 28.4 Å². The van der Waals surface area contributed by atoms with Crippen LogP contribution in [0.25, 0.3) is 5.82 Å². The number of nitrogens with one attached hydrogen (secondary N) is 1. The van der Waals surface area contributed by atoms with E-state index < -0.39 is 21.8 Å². The van der Waals surface area contributed by atoms with Crippen LogP contribution in [-0.2, 0) is 9.84 Å². The van der Waals surface area contributed by atoms with E-state index in [0.29, 0.717) is 16.5 Å². The first-order chi connectivity index (χ1) is 13.1. The number of nitrogens with zero attached hydrogens (tertiary/aromatic N) is 4. The van der Waals surface area contributed by atoms with Gasteiger partial charge < -0.3 is 5.32 Å². The van der Waals surface area contributed by atoms with Crippen LogP contribution < -0.4 is 5.32 Å². The highest BCUT2D eigenvalue weighted by Gasteiger charge is 2.20. The first kappa shape index (κ1) is 20.2. The standard InChI is InChI=1S/C17H15Cl2N5O3S/c1-10(15-16(21-4-3-20-15)24-9-13(19)8-22-24)23-17(25)11-5-12(18)7-14(6-11)28(2,26)27/h3-10H,1-2H3,(H,23,25). The van der Waals surface area contributed by atoms with E-state index in [0.717, 1.165) is 6.26 Å². The van der Waals surface area contributed by atoms with Crippen molar-refractivity contribution in [3.63, 3.8) is 0 Å². The molecule has 146 valence electrons. The predicted octanol–water partition coefficient (Wildman–Crippen LogP) is 2.86. The summed E-state index contributed by atoms with van der Waals surface area (Å²) in [4.78, 5) is 21.2. The van der Waals surface area contributed by atoms with Crippen LogP contribution in [0.15, 0.2) is 47.9 Å². The minimum Gasteiger partial charge on any atom is -0.344 e. The second-order valence-corrected chi connectivity index (χ2v) is 8.90. The Morgan fingerprint density at radius 1 is 1.14 bits per heavy atom. The smallest absolute Gasteiger partial charge is 0.251 e. The van der Waals surface area contributed by atoms with Crippen molar-refractivity contribution < 1.29 is 13.2 Å². The van der Waals surface area contributed by atoms with E-state index in [4.69, 9.17) is 23.2 Å². The molecular weight excluding hydrogens is 425 g/mol. The Labute approximate surface area is 171 Å². The molecule has 0 spiro atoms. The van der Waals surface area contributed by atoms with Gasteiger partial charge in [0, 0.05) is 29.2 Å². The monoisotopic (exact) mass is 439 g/mol. The van der Waals surface area contributed by atoms with Crippen molar-refractivity contribution in [2.24, 2.45) is 0 Å². The fourth-order valence-corrected chi connectivity index (χ4v) is 3.61. The van der Waals surface area contributed by atoms with Gasteiger partial charge in [-0.15, -0.1) is 0 Å². The Bertz CT molecular complexity index is 1150. The Morgan fingerprint density at radius 3 is 2.50 bits per heavy atom.